The maximum atomic E-state index is 5.81. The van der Waals surface area contributed by atoms with Crippen LogP contribution >= 0.6 is 8.95 Å². The SMILES string of the molecule is C[CH2][Sn]1([CH2]C)[O]CC[S]1. The van der Waals surface area contributed by atoms with Crippen LogP contribution in [0, 0.1) is 0 Å². The fourth-order valence-corrected chi connectivity index (χ4v) is 15.2. The van der Waals surface area contributed by atoms with Gasteiger partial charge in [0.2, 0.25) is 0 Å². The van der Waals surface area contributed by atoms with Gasteiger partial charge in [-0.15, -0.1) is 0 Å². The van der Waals surface area contributed by atoms with Crippen molar-refractivity contribution in [2.24, 2.45) is 0 Å². The van der Waals surface area contributed by atoms with Gasteiger partial charge in [-0.1, -0.05) is 0 Å². The Morgan fingerprint density at radius 1 is 1.44 bits per heavy atom. The van der Waals surface area contributed by atoms with Crippen LogP contribution in [0.25, 0.3) is 0 Å². The van der Waals surface area contributed by atoms with Crippen LogP contribution in [-0.2, 0) is 3.07 Å². The summed E-state index contributed by atoms with van der Waals surface area (Å²) >= 11 is -1.86. The normalized spacial score (nSPS) is 24.7. The van der Waals surface area contributed by atoms with Gasteiger partial charge in [0.15, 0.2) is 0 Å². The molecular formula is C6H14OSSn. The van der Waals surface area contributed by atoms with Crippen molar-refractivity contribution in [2.45, 2.75) is 22.7 Å². The standard InChI is InChI=1S/C2H5OS.2C2H5.Sn/c3-1-2-4;2*1-2;/h4H,1-2H2;2*1H2,2H3;/q-1;;;+2/p-1. The van der Waals surface area contributed by atoms with Crippen molar-refractivity contribution in [1.82, 2.24) is 0 Å². The van der Waals surface area contributed by atoms with Gasteiger partial charge in [-0.3, -0.25) is 0 Å². The molecule has 0 spiro atoms. The molecule has 1 heterocycles. The monoisotopic (exact) mass is 254 g/mol. The Hall–Kier alpha value is 1.11. The molecule has 0 bridgehead atoms. The fraction of sp³-hybridized carbons (Fsp3) is 1.00. The van der Waals surface area contributed by atoms with Gasteiger partial charge in [-0.05, 0) is 0 Å². The average Bonchev–Trinajstić information content (AvgIpc) is 2.36. The van der Waals surface area contributed by atoms with E-state index in [1.165, 1.54) is 14.6 Å². The quantitative estimate of drug-likeness (QED) is 0.698. The van der Waals surface area contributed by atoms with Crippen LogP contribution in [0.4, 0.5) is 0 Å². The van der Waals surface area contributed by atoms with Crippen molar-refractivity contribution < 1.29 is 3.07 Å². The molecule has 9 heavy (non-hydrogen) atoms. The first-order valence-electron chi connectivity index (χ1n) is 3.61. The van der Waals surface area contributed by atoms with Crippen molar-refractivity contribution in [2.75, 3.05) is 12.4 Å². The molecule has 0 aromatic rings. The zero-order valence-electron chi connectivity index (χ0n) is 6.14. The Morgan fingerprint density at radius 2 is 2.11 bits per heavy atom. The molecule has 1 aliphatic rings. The van der Waals surface area contributed by atoms with Crippen molar-refractivity contribution in [1.29, 1.82) is 0 Å². The summed E-state index contributed by atoms with van der Waals surface area (Å²) in [5.41, 5.74) is 0. The van der Waals surface area contributed by atoms with E-state index in [9.17, 15) is 0 Å². The number of hydrogen-bond donors (Lipinski definition) is 0. The first-order chi connectivity index (χ1) is 4.33. The molecule has 0 unspecified atom stereocenters. The van der Waals surface area contributed by atoms with Crippen LogP contribution in [0.3, 0.4) is 0 Å². The van der Waals surface area contributed by atoms with Crippen LogP contribution in [0.2, 0.25) is 8.87 Å². The predicted molar refractivity (Wildman–Crippen MR) is 45.1 cm³/mol. The first-order valence-corrected chi connectivity index (χ1v) is 13.3. The van der Waals surface area contributed by atoms with E-state index in [1.807, 2.05) is 0 Å². The van der Waals surface area contributed by atoms with E-state index in [2.05, 4.69) is 22.8 Å². The van der Waals surface area contributed by atoms with Crippen LogP contribution in [0.5, 0.6) is 0 Å². The molecule has 3 heteroatoms. The van der Waals surface area contributed by atoms with Gasteiger partial charge in [0.1, 0.15) is 0 Å². The van der Waals surface area contributed by atoms with Gasteiger partial charge in [-0.25, -0.2) is 0 Å². The summed E-state index contributed by atoms with van der Waals surface area (Å²) in [4.78, 5) is 0. The molecule has 1 rings (SSSR count). The van der Waals surface area contributed by atoms with Gasteiger partial charge >= 0.3 is 64.5 Å². The summed E-state index contributed by atoms with van der Waals surface area (Å²) in [6.45, 7) is 5.62. The van der Waals surface area contributed by atoms with Crippen molar-refractivity contribution in [3.63, 3.8) is 0 Å². The summed E-state index contributed by atoms with van der Waals surface area (Å²) in [5, 5.41) is 0. The third-order valence-corrected chi connectivity index (χ3v) is 21.9. The minimum absolute atomic E-state index is 1.04. The third kappa shape index (κ3) is 1.77. The Morgan fingerprint density at radius 3 is 2.33 bits per heavy atom. The van der Waals surface area contributed by atoms with Crippen molar-refractivity contribution in [3.05, 3.63) is 0 Å². The molecule has 0 radical (unpaired) electrons. The summed E-state index contributed by atoms with van der Waals surface area (Å²) in [7, 11) is 2.18. The summed E-state index contributed by atoms with van der Waals surface area (Å²) in [6, 6.07) is 0. The van der Waals surface area contributed by atoms with Crippen LogP contribution < -0.4 is 0 Å². The summed E-state index contributed by atoms with van der Waals surface area (Å²) in [5.74, 6) is 1.28. The van der Waals surface area contributed by atoms with Gasteiger partial charge < -0.3 is 0 Å². The molecular weight excluding hydrogens is 239 g/mol. The number of hydrogen-bond acceptors (Lipinski definition) is 2. The Kier molecular flexibility index (Phi) is 3.18. The third-order valence-electron chi connectivity index (χ3n) is 1.89. The topological polar surface area (TPSA) is 9.23 Å². The predicted octanol–water partition coefficient (Wildman–Crippen LogP) is 2.23. The molecule has 1 aliphatic heterocycles. The van der Waals surface area contributed by atoms with Crippen molar-refractivity contribution >= 4 is 26.4 Å². The van der Waals surface area contributed by atoms with Crippen LogP contribution in [0.15, 0.2) is 0 Å². The van der Waals surface area contributed by atoms with Gasteiger partial charge in [0.25, 0.3) is 0 Å². The van der Waals surface area contributed by atoms with E-state index in [1.54, 1.807) is 0 Å². The van der Waals surface area contributed by atoms with E-state index in [-0.39, 0.29) is 0 Å². The Labute approximate surface area is 64.4 Å². The Bertz CT molecular complexity index is 85.1. The maximum absolute atomic E-state index is 5.81. The molecule has 1 fully saturated rings. The van der Waals surface area contributed by atoms with E-state index in [0.29, 0.717) is 0 Å². The van der Waals surface area contributed by atoms with E-state index < -0.39 is 17.4 Å². The fourth-order valence-electron chi connectivity index (χ4n) is 1.16. The van der Waals surface area contributed by atoms with E-state index >= 15 is 0 Å². The summed E-state index contributed by atoms with van der Waals surface area (Å²) in [6.07, 6.45) is 0. The van der Waals surface area contributed by atoms with Gasteiger partial charge in [0, 0.05) is 0 Å². The molecule has 0 aliphatic carbocycles. The Balaban J connectivity index is 2.45. The zero-order chi connectivity index (χ0) is 6.74. The average molecular weight is 253 g/mol. The van der Waals surface area contributed by atoms with E-state index in [0.717, 1.165) is 6.61 Å². The summed E-state index contributed by atoms with van der Waals surface area (Å²) < 4.78 is 8.53. The first kappa shape index (κ1) is 8.21. The molecule has 54 valence electrons. The molecule has 0 aromatic carbocycles. The second kappa shape index (κ2) is 3.49. The molecule has 1 nitrogen and oxygen atoms in total. The van der Waals surface area contributed by atoms with Gasteiger partial charge in [0.05, 0.1) is 0 Å². The molecule has 0 N–H and O–H groups in total. The van der Waals surface area contributed by atoms with E-state index in [4.69, 9.17) is 3.07 Å². The van der Waals surface area contributed by atoms with Crippen molar-refractivity contribution in [3.8, 4) is 0 Å². The van der Waals surface area contributed by atoms with Crippen LogP contribution in [-0.4, -0.2) is 29.8 Å². The second-order valence-electron chi connectivity index (χ2n) is 2.31. The molecule has 0 amide bonds. The van der Waals surface area contributed by atoms with Crippen LogP contribution in [0.1, 0.15) is 13.8 Å². The second-order valence-corrected chi connectivity index (χ2v) is 20.5. The molecule has 0 atom stereocenters. The zero-order valence-corrected chi connectivity index (χ0v) is 9.82. The minimum atomic E-state index is -1.86. The van der Waals surface area contributed by atoms with Gasteiger partial charge in [-0.2, -0.15) is 0 Å². The molecule has 0 saturated carbocycles. The molecule has 1 saturated heterocycles. The number of rotatable bonds is 2. The molecule has 0 aromatic heterocycles.